The highest BCUT2D eigenvalue weighted by molar-refractivity contribution is 9.10. The maximum Gasteiger partial charge on any atom is 0.150 e. The Kier molecular flexibility index (Phi) is 5.42. The molecule has 6 heteroatoms. The number of para-hydroxylation sites is 1. The van der Waals surface area contributed by atoms with Gasteiger partial charge < -0.3 is 10.5 Å². The van der Waals surface area contributed by atoms with Gasteiger partial charge in [0.15, 0.2) is 9.84 Å². The van der Waals surface area contributed by atoms with Crippen LogP contribution in [0.3, 0.4) is 0 Å². The van der Waals surface area contributed by atoms with E-state index >= 15 is 0 Å². The zero-order valence-corrected chi connectivity index (χ0v) is 12.1. The minimum absolute atomic E-state index is 0.0103. The van der Waals surface area contributed by atoms with Gasteiger partial charge in [-0.3, -0.25) is 0 Å². The molecule has 0 heterocycles. The minimum atomic E-state index is -3.00. The van der Waals surface area contributed by atoms with Gasteiger partial charge in [0.2, 0.25) is 0 Å². The van der Waals surface area contributed by atoms with Crippen LogP contribution in [0.25, 0.3) is 0 Å². The summed E-state index contributed by atoms with van der Waals surface area (Å²) in [6, 6.07) is 5.68. The normalized spacial score (nSPS) is 11.5. The Morgan fingerprint density at radius 3 is 2.71 bits per heavy atom. The number of ether oxygens (including phenoxy) is 1. The van der Waals surface area contributed by atoms with Crippen LogP contribution in [0.15, 0.2) is 22.7 Å². The molecule has 0 amide bonds. The fourth-order valence-electron chi connectivity index (χ4n) is 1.36. The number of halogens is 1. The lowest BCUT2D eigenvalue weighted by Gasteiger charge is -2.12. The van der Waals surface area contributed by atoms with E-state index in [9.17, 15) is 8.42 Å². The van der Waals surface area contributed by atoms with Gasteiger partial charge in [0.05, 0.1) is 10.2 Å². The molecule has 2 N–H and O–H groups in total. The molecule has 0 aliphatic rings. The summed E-state index contributed by atoms with van der Waals surface area (Å²) in [7, 11) is -3.00. The molecule has 0 unspecified atom stereocenters. The summed E-state index contributed by atoms with van der Waals surface area (Å²) in [6.45, 7) is 0.678. The van der Waals surface area contributed by atoms with Gasteiger partial charge in [0.1, 0.15) is 12.4 Å². The second kappa shape index (κ2) is 6.37. The SMILES string of the molecule is CS(=O)(=O)CCOc1c(Br)cccc1CCN. The molecule has 1 aromatic carbocycles. The number of sulfone groups is 1. The van der Waals surface area contributed by atoms with Crippen LogP contribution in [0, 0.1) is 0 Å². The first-order chi connectivity index (χ1) is 7.94. The molecule has 0 spiro atoms. The molecule has 0 radical (unpaired) electrons. The summed E-state index contributed by atoms with van der Waals surface area (Å²) >= 11 is 3.38. The fraction of sp³-hybridized carbons (Fsp3) is 0.455. The molecule has 1 rings (SSSR count). The molecular formula is C11H16BrNO3S. The number of rotatable bonds is 6. The lowest BCUT2D eigenvalue weighted by atomic mass is 10.1. The first-order valence-corrected chi connectivity index (χ1v) is 8.07. The van der Waals surface area contributed by atoms with Gasteiger partial charge in [0, 0.05) is 6.26 Å². The molecule has 0 aliphatic heterocycles. The van der Waals surface area contributed by atoms with E-state index in [-0.39, 0.29) is 12.4 Å². The number of hydrogen-bond donors (Lipinski definition) is 1. The predicted octanol–water partition coefficient (Wildman–Crippen LogP) is 1.37. The lowest BCUT2D eigenvalue weighted by molar-refractivity contribution is 0.335. The van der Waals surface area contributed by atoms with E-state index in [2.05, 4.69) is 15.9 Å². The molecule has 1 aromatic rings. The zero-order chi connectivity index (χ0) is 12.9. The smallest absolute Gasteiger partial charge is 0.150 e. The van der Waals surface area contributed by atoms with E-state index in [0.717, 1.165) is 10.0 Å². The van der Waals surface area contributed by atoms with E-state index < -0.39 is 9.84 Å². The Balaban J connectivity index is 2.75. The van der Waals surface area contributed by atoms with Crippen LogP contribution in [-0.2, 0) is 16.3 Å². The number of hydrogen-bond acceptors (Lipinski definition) is 4. The van der Waals surface area contributed by atoms with Gasteiger partial charge >= 0.3 is 0 Å². The Bertz CT molecular complexity index is 474. The van der Waals surface area contributed by atoms with Crippen molar-refractivity contribution in [3.8, 4) is 5.75 Å². The second-order valence-corrected chi connectivity index (χ2v) is 6.86. The molecule has 17 heavy (non-hydrogen) atoms. The molecule has 0 saturated heterocycles. The first-order valence-electron chi connectivity index (χ1n) is 5.22. The third-order valence-electron chi connectivity index (χ3n) is 2.16. The standard InChI is InChI=1S/C11H16BrNO3S/c1-17(14,15)8-7-16-11-9(5-6-13)3-2-4-10(11)12/h2-4H,5-8,13H2,1H3. The van der Waals surface area contributed by atoms with E-state index in [1.165, 1.54) is 6.26 Å². The number of benzene rings is 1. The van der Waals surface area contributed by atoms with E-state index in [1.54, 1.807) is 0 Å². The number of nitrogens with two attached hydrogens (primary N) is 1. The molecule has 4 nitrogen and oxygen atoms in total. The summed E-state index contributed by atoms with van der Waals surface area (Å²) in [5.74, 6) is 0.692. The van der Waals surface area contributed by atoms with Crippen molar-refractivity contribution < 1.29 is 13.2 Å². The van der Waals surface area contributed by atoms with E-state index in [4.69, 9.17) is 10.5 Å². The lowest BCUT2D eigenvalue weighted by Crippen LogP contribution is -2.13. The van der Waals surface area contributed by atoms with Crippen LogP contribution in [0.4, 0.5) is 0 Å². The van der Waals surface area contributed by atoms with Crippen LogP contribution >= 0.6 is 15.9 Å². The van der Waals surface area contributed by atoms with E-state index in [0.29, 0.717) is 18.7 Å². The third kappa shape index (κ3) is 5.06. The monoisotopic (exact) mass is 321 g/mol. The summed E-state index contributed by atoms with van der Waals surface area (Å²) < 4.78 is 28.3. The van der Waals surface area contributed by atoms with Gasteiger partial charge in [-0.2, -0.15) is 0 Å². The van der Waals surface area contributed by atoms with Gasteiger partial charge in [0.25, 0.3) is 0 Å². The van der Waals surface area contributed by atoms with E-state index in [1.807, 2.05) is 18.2 Å². The average Bonchev–Trinajstić information content (AvgIpc) is 2.21. The predicted molar refractivity (Wildman–Crippen MR) is 72.1 cm³/mol. The van der Waals surface area contributed by atoms with Crippen molar-refractivity contribution in [2.24, 2.45) is 5.73 Å². The Morgan fingerprint density at radius 1 is 1.41 bits per heavy atom. The fourth-order valence-corrected chi connectivity index (χ4v) is 2.27. The molecule has 96 valence electrons. The summed E-state index contributed by atoms with van der Waals surface area (Å²) in [5, 5.41) is 0. The van der Waals surface area contributed by atoms with Crippen molar-refractivity contribution >= 4 is 25.8 Å². The maximum atomic E-state index is 11.0. The molecular weight excluding hydrogens is 306 g/mol. The summed E-state index contributed by atoms with van der Waals surface area (Å²) in [5.41, 5.74) is 6.49. The highest BCUT2D eigenvalue weighted by atomic mass is 79.9. The second-order valence-electron chi connectivity index (χ2n) is 3.75. The van der Waals surface area contributed by atoms with Gasteiger partial charge in [-0.05, 0) is 40.5 Å². The van der Waals surface area contributed by atoms with Crippen LogP contribution in [0.1, 0.15) is 5.56 Å². The largest absolute Gasteiger partial charge is 0.491 e. The van der Waals surface area contributed by atoms with Crippen LogP contribution in [-0.4, -0.2) is 33.6 Å². The summed E-state index contributed by atoms with van der Waals surface area (Å²) in [6.07, 6.45) is 1.89. The first kappa shape index (κ1) is 14.5. The quantitative estimate of drug-likeness (QED) is 0.859. The van der Waals surface area contributed by atoms with Crippen LogP contribution in [0.2, 0.25) is 0 Å². The zero-order valence-electron chi connectivity index (χ0n) is 9.65. The van der Waals surface area contributed by atoms with Gasteiger partial charge in [-0.15, -0.1) is 0 Å². The maximum absolute atomic E-state index is 11.0. The highest BCUT2D eigenvalue weighted by Gasteiger charge is 2.09. The molecule has 0 fully saturated rings. The van der Waals surface area contributed by atoms with Crippen molar-refractivity contribution in [2.45, 2.75) is 6.42 Å². The van der Waals surface area contributed by atoms with Crippen molar-refractivity contribution in [1.82, 2.24) is 0 Å². The Hall–Kier alpha value is -0.590. The minimum Gasteiger partial charge on any atom is -0.491 e. The van der Waals surface area contributed by atoms with Crippen molar-refractivity contribution in [1.29, 1.82) is 0 Å². The Labute approximate surface area is 110 Å². The Morgan fingerprint density at radius 2 is 2.12 bits per heavy atom. The molecule has 0 atom stereocenters. The molecule has 0 aromatic heterocycles. The summed E-state index contributed by atoms with van der Waals surface area (Å²) in [4.78, 5) is 0. The topological polar surface area (TPSA) is 69.4 Å². The molecule has 0 saturated carbocycles. The van der Waals surface area contributed by atoms with Crippen molar-refractivity contribution in [3.63, 3.8) is 0 Å². The molecule has 0 aliphatic carbocycles. The van der Waals surface area contributed by atoms with Gasteiger partial charge in [-0.25, -0.2) is 8.42 Å². The third-order valence-corrected chi connectivity index (χ3v) is 3.70. The average molecular weight is 322 g/mol. The highest BCUT2D eigenvalue weighted by Crippen LogP contribution is 2.29. The van der Waals surface area contributed by atoms with Crippen LogP contribution < -0.4 is 10.5 Å². The van der Waals surface area contributed by atoms with Gasteiger partial charge in [-0.1, -0.05) is 12.1 Å². The molecule has 0 bridgehead atoms. The van der Waals surface area contributed by atoms with Crippen molar-refractivity contribution in [3.05, 3.63) is 28.2 Å². The van der Waals surface area contributed by atoms with Crippen LogP contribution in [0.5, 0.6) is 5.75 Å². The van der Waals surface area contributed by atoms with Crippen molar-refractivity contribution in [2.75, 3.05) is 25.2 Å².